The molecule has 5 nitrogen and oxygen atoms in total. The number of likely N-dealkylation sites (tertiary alicyclic amines) is 1. The molecule has 28 heavy (non-hydrogen) atoms. The molecule has 0 spiro atoms. The van der Waals surface area contributed by atoms with Crippen molar-refractivity contribution in [2.24, 2.45) is 5.92 Å². The predicted molar refractivity (Wildman–Crippen MR) is 108 cm³/mol. The van der Waals surface area contributed by atoms with Crippen LogP contribution in [0.4, 0.5) is 0 Å². The Morgan fingerprint density at radius 3 is 2.75 bits per heavy atom. The molecule has 1 saturated heterocycles. The minimum atomic E-state index is -0.0649. The average molecular weight is 371 g/mol. The van der Waals surface area contributed by atoms with Crippen LogP contribution in [0, 0.1) is 17.2 Å². The molecule has 1 fully saturated rings. The van der Waals surface area contributed by atoms with Crippen LogP contribution >= 0.6 is 0 Å². The Bertz CT molecular complexity index is 1050. The van der Waals surface area contributed by atoms with Gasteiger partial charge in [-0.3, -0.25) is 4.79 Å². The van der Waals surface area contributed by atoms with E-state index in [9.17, 15) is 4.79 Å². The van der Waals surface area contributed by atoms with Crippen molar-refractivity contribution in [1.82, 2.24) is 9.88 Å². The number of benzene rings is 2. The van der Waals surface area contributed by atoms with E-state index >= 15 is 0 Å². The Kier molecular flexibility index (Phi) is 4.94. The Balaban J connectivity index is 1.62. The van der Waals surface area contributed by atoms with Gasteiger partial charge in [-0.2, -0.15) is 5.26 Å². The maximum Gasteiger partial charge on any atom is 0.253 e. The zero-order valence-electron chi connectivity index (χ0n) is 15.8. The number of hydrogen-bond donors (Lipinski definition) is 0. The molecule has 0 radical (unpaired) electrons. The van der Waals surface area contributed by atoms with Gasteiger partial charge in [-0.05, 0) is 42.7 Å². The number of methoxy groups -OCH3 is 1. The van der Waals surface area contributed by atoms with Crippen LogP contribution in [-0.2, 0) is 0 Å². The van der Waals surface area contributed by atoms with Gasteiger partial charge >= 0.3 is 0 Å². The molecule has 2 heterocycles. The fraction of sp³-hybridized carbons (Fsp3) is 0.261. The van der Waals surface area contributed by atoms with Crippen molar-refractivity contribution < 1.29 is 9.53 Å². The summed E-state index contributed by atoms with van der Waals surface area (Å²) < 4.78 is 5.49. The fourth-order valence-electron chi connectivity index (χ4n) is 3.70. The molecule has 0 aliphatic carbocycles. The van der Waals surface area contributed by atoms with Gasteiger partial charge in [0.25, 0.3) is 5.91 Å². The summed E-state index contributed by atoms with van der Waals surface area (Å²) in [5.41, 5.74) is 3.35. The number of piperidine rings is 1. The molecular formula is C23H21N3O2. The molecule has 1 atom stereocenters. The van der Waals surface area contributed by atoms with Crippen LogP contribution in [0.1, 0.15) is 23.2 Å². The topological polar surface area (TPSA) is 66.2 Å². The number of fused-ring (bicyclic) bond motifs is 1. The quantitative estimate of drug-likeness (QED) is 0.689. The first-order valence-electron chi connectivity index (χ1n) is 9.42. The molecule has 4 rings (SSSR count). The Morgan fingerprint density at radius 2 is 2.00 bits per heavy atom. The van der Waals surface area contributed by atoms with E-state index in [4.69, 9.17) is 10.00 Å². The van der Waals surface area contributed by atoms with Crippen molar-refractivity contribution in [2.45, 2.75) is 12.8 Å². The number of nitriles is 1. The van der Waals surface area contributed by atoms with Crippen LogP contribution in [0.2, 0.25) is 0 Å². The summed E-state index contributed by atoms with van der Waals surface area (Å²) in [7, 11) is 1.61. The lowest BCUT2D eigenvalue weighted by atomic mass is 9.98. The standard InChI is InChI=1S/C23H21N3O2/c1-28-22-20(13-19-6-2-3-7-21(19)25-22)17-8-10-18(11-9-17)23(27)26-12-4-5-16(14-24)15-26/h2-3,6-11,13,16H,4-5,12,15H2,1H3/t16-/m0/s1. The first-order chi connectivity index (χ1) is 13.7. The molecule has 0 bridgehead atoms. The highest BCUT2D eigenvalue weighted by Crippen LogP contribution is 2.32. The molecule has 5 heteroatoms. The first kappa shape index (κ1) is 18.0. The normalized spacial score (nSPS) is 16.6. The summed E-state index contributed by atoms with van der Waals surface area (Å²) >= 11 is 0. The van der Waals surface area contributed by atoms with E-state index in [1.807, 2.05) is 48.5 Å². The van der Waals surface area contributed by atoms with Crippen molar-refractivity contribution >= 4 is 16.8 Å². The van der Waals surface area contributed by atoms with Crippen LogP contribution in [0.25, 0.3) is 22.0 Å². The number of hydrogen-bond acceptors (Lipinski definition) is 4. The highest BCUT2D eigenvalue weighted by Gasteiger charge is 2.24. The minimum Gasteiger partial charge on any atom is -0.481 e. The molecule has 1 aromatic heterocycles. The van der Waals surface area contributed by atoms with Gasteiger partial charge in [0, 0.05) is 29.6 Å². The SMILES string of the molecule is COc1nc2ccccc2cc1-c1ccc(C(=O)N2CCC[C@@H](C#N)C2)cc1. The lowest BCUT2D eigenvalue weighted by Gasteiger charge is -2.29. The van der Waals surface area contributed by atoms with E-state index in [-0.39, 0.29) is 11.8 Å². The largest absolute Gasteiger partial charge is 0.481 e. The van der Waals surface area contributed by atoms with Crippen LogP contribution in [-0.4, -0.2) is 36.0 Å². The van der Waals surface area contributed by atoms with Gasteiger partial charge in [0.05, 0.1) is 24.6 Å². The number of carbonyl (C=O) groups excluding carboxylic acids is 1. The summed E-state index contributed by atoms with van der Waals surface area (Å²) in [5, 5.41) is 10.2. The molecule has 1 amide bonds. The Labute approximate surface area is 164 Å². The Hall–Kier alpha value is -3.39. The summed E-state index contributed by atoms with van der Waals surface area (Å²) in [5.74, 6) is 0.477. The van der Waals surface area contributed by atoms with Crippen LogP contribution in [0.5, 0.6) is 5.88 Å². The second-order valence-corrected chi connectivity index (χ2v) is 7.03. The van der Waals surface area contributed by atoms with Crippen molar-refractivity contribution in [3.8, 4) is 23.1 Å². The molecule has 2 aromatic carbocycles. The molecule has 0 unspecified atom stereocenters. The lowest BCUT2D eigenvalue weighted by molar-refractivity contribution is 0.0699. The van der Waals surface area contributed by atoms with Gasteiger partial charge in [0.15, 0.2) is 0 Å². The third-order valence-electron chi connectivity index (χ3n) is 5.22. The molecule has 140 valence electrons. The smallest absolute Gasteiger partial charge is 0.253 e. The zero-order chi connectivity index (χ0) is 19.5. The molecule has 1 aliphatic heterocycles. The van der Waals surface area contributed by atoms with Crippen LogP contribution in [0.3, 0.4) is 0 Å². The van der Waals surface area contributed by atoms with Crippen molar-refractivity contribution in [2.75, 3.05) is 20.2 Å². The molecular weight excluding hydrogens is 350 g/mol. The van der Waals surface area contributed by atoms with Crippen LogP contribution in [0.15, 0.2) is 54.6 Å². The van der Waals surface area contributed by atoms with E-state index in [1.165, 1.54) is 0 Å². The van der Waals surface area contributed by atoms with Gasteiger partial charge in [0.2, 0.25) is 5.88 Å². The zero-order valence-corrected chi connectivity index (χ0v) is 15.8. The minimum absolute atomic E-state index is 0.0184. The van der Waals surface area contributed by atoms with E-state index in [2.05, 4.69) is 17.1 Å². The van der Waals surface area contributed by atoms with Gasteiger partial charge in [-0.1, -0.05) is 30.3 Å². The number of aromatic nitrogens is 1. The third-order valence-corrected chi connectivity index (χ3v) is 5.22. The second kappa shape index (κ2) is 7.69. The number of carbonyl (C=O) groups is 1. The van der Waals surface area contributed by atoms with Gasteiger partial charge in [-0.25, -0.2) is 4.98 Å². The van der Waals surface area contributed by atoms with Crippen LogP contribution < -0.4 is 4.74 Å². The third kappa shape index (κ3) is 3.41. The number of ether oxygens (including phenoxy) is 1. The molecule has 1 aliphatic rings. The van der Waals surface area contributed by atoms with Gasteiger partial charge in [-0.15, -0.1) is 0 Å². The van der Waals surface area contributed by atoms with E-state index in [0.29, 0.717) is 24.5 Å². The van der Waals surface area contributed by atoms with E-state index < -0.39 is 0 Å². The predicted octanol–water partition coefficient (Wildman–Crippen LogP) is 4.29. The highest BCUT2D eigenvalue weighted by molar-refractivity contribution is 5.95. The number of amides is 1. The summed E-state index contributed by atoms with van der Waals surface area (Å²) in [6.07, 6.45) is 1.75. The molecule has 3 aromatic rings. The number of rotatable bonds is 3. The first-order valence-corrected chi connectivity index (χ1v) is 9.42. The fourth-order valence-corrected chi connectivity index (χ4v) is 3.70. The van der Waals surface area contributed by atoms with E-state index in [1.54, 1.807) is 12.0 Å². The average Bonchev–Trinajstić information content (AvgIpc) is 2.77. The molecule has 0 N–H and O–H groups in total. The second-order valence-electron chi connectivity index (χ2n) is 7.03. The van der Waals surface area contributed by atoms with Gasteiger partial charge in [0.1, 0.15) is 0 Å². The van der Waals surface area contributed by atoms with Crippen molar-refractivity contribution in [1.29, 1.82) is 5.26 Å². The molecule has 0 saturated carbocycles. The van der Waals surface area contributed by atoms with Crippen molar-refractivity contribution in [3.63, 3.8) is 0 Å². The summed E-state index contributed by atoms with van der Waals surface area (Å²) in [6.45, 7) is 1.22. The number of para-hydroxylation sites is 1. The lowest BCUT2D eigenvalue weighted by Crippen LogP contribution is -2.39. The Morgan fingerprint density at radius 1 is 1.21 bits per heavy atom. The van der Waals surface area contributed by atoms with Crippen molar-refractivity contribution in [3.05, 3.63) is 60.2 Å². The summed E-state index contributed by atoms with van der Waals surface area (Å²) in [6, 6.07) is 19.8. The maximum atomic E-state index is 12.8. The van der Waals surface area contributed by atoms with E-state index in [0.717, 1.165) is 34.9 Å². The number of pyridine rings is 1. The number of nitrogens with zero attached hydrogens (tertiary/aromatic N) is 3. The maximum absolute atomic E-state index is 12.8. The monoisotopic (exact) mass is 371 g/mol. The van der Waals surface area contributed by atoms with Gasteiger partial charge < -0.3 is 9.64 Å². The highest BCUT2D eigenvalue weighted by atomic mass is 16.5. The summed E-state index contributed by atoms with van der Waals surface area (Å²) in [4.78, 5) is 19.2.